The van der Waals surface area contributed by atoms with Gasteiger partial charge in [0, 0.05) is 38.3 Å². The van der Waals surface area contributed by atoms with E-state index in [0.29, 0.717) is 5.92 Å². The van der Waals surface area contributed by atoms with E-state index in [0.717, 1.165) is 87.9 Å². The highest BCUT2D eigenvalue weighted by molar-refractivity contribution is 8.03. The number of thiophene rings is 1. The lowest BCUT2D eigenvalue weighted by Crippen LogP contribution is -2.39. The smallest absolute Gasteiger partial charge is 0.318 e. The first kappa shape index (κ1) is 42.2. The maximum absolute atomic E-state index is 12.7. The molecule has 60 heavy (non-hydrogen) atoms. The number of rotatable bonds is 15. The number of aryl methyl sites for hydroxylation is 1. The van der Waals surface area contributed by atoms with E-state index in [4.69, 9.17) is 0 Å². The van der Waals surface area contributed by atoms with Gasteiger partial charge in [0.1, 0.15) is 22.0 Å². The number of carboxylic acids is 2. The molecule has 3 heterocycles. The minimum absolute atomic E-state index is 0.125. The van der Waals surface area contributed by atoms with Crippen LogP contribution in [0.2, 0.25) is 0 Å². The first-order valence-corrected chi connectivity index (χ1v) is 26.3. The summed E-state index contributed by atoms with van der Waals surface area (Å²) in [6.45, 7) is 0.254. The Balaban J connectivity index is 1.10. The highest BCUT2D eigenvalue weighted by Gasteiger charge is 2.30. The van der Waals surface area contributed by atoms with Crippen LogP contribution in [0, 0.1) is 5.92 Å². The monoisotopic (exact) mass is 917 g/mol. The normalized spacial score (nSPS) is 18.1. The second kappa shape index (κ2) is 17.9. The molecule has 2 aromatic heterocycles. The molecule has 1 unspecified atom stereocenters. The number of nitrogens with zero attached hydrogens (tertiary/aromatic N) is 2. The summed E-state index contributed by atoms with van der Waals surface area (Å²) < 4.78 is 53.9. The second-order valence-electron chi connectivity index (χ2n) is 14.9. The summed E-state index contributed by atoms with van der Waals surface area (Å²) in [6.07, 6.45) is 12.4. The molecule has 1 aliphatic heterocycles. The largest absolute Gasteiger partial charge is 0.480 e. The molecule has 8 rings (SSSR count). The Morgan fingerprint density at radius 1 is 0.833 bits per heavy atom. The second-order valence-corrected chi connectivity index (χ2v) is 23.4. The zero-order valence-electron chi connectivity index (χ0n) is 32.2. The predicted molar refractivity (Wildman–Crippen MR) is 242 cm³/mol. The molecule has 310 valence electrons. The van der Waals surface area contributed by atoms with Gasteiger partial charge >= 0.3 is 11.9 Å². The number of fused-ring (bicyclic) bond motifs is 3. The van der Waals surface area contributed by atoms with E-state index in [1.807, 2.05) is 63.4 Å². The highest BCUT2D eigenvalue weighted by Crippen LogP contribution is 2.49. The Bertz CT molecular complexity index is 2820. The van der Waals surface area contributed by atoms with Crippen molar-refractivity contribution in [2.75, 3.05) is 34.5 Å². The summed E-state index contributed by atoms with van der Waals surface area (Å²) in [6, 6.07) is 26.5. The highest BCUT2D eigenvalue weighted by atomic mass is 32.2. The maximum Gasteiger partial charge on any atom is 0.318 e. The van der Waals surface area contributed by atoms with E-state index in [1.165, 1.54) is 5.57 Å². The van der Waals surface area contributed by atoms with E-state index in [2.05, 4.69) is 54.6 Å². The van der Waals surface area contributed by atoms with Crippen molar-refractivity contribution in [3.8, 4) is 10.4 Å². The van der Waals surface area contributed by atoms with Gasteiger partial charge < -0.3 is 15.1 Å². The number of carboxylic acid groups (broad SMARTS) is 2. The van der Waals surface area contributed by atoms with Crippen LogP contribution in [0.4, 0.5) is 5.69 Å². The molecule has 3 aliphatic rings. The summed E-state index contributed by atoms with van der Waals surface area (Å²) in [4.78, 5) is 28.9. The minimum Gasteiger partial charge on any atom is -0.480 e. The van der Waals surface area contributed by atoms with E-state index < -0.39 is 43.1 Å². The van der Waals surface area contributed by atoms with Crippen molar-refractivity contribution in [1.29, 1.82) is 0 Å². The molecular formula is C44H41N2O8S6+. The van der Waals surface area contributed by atoms with Crippen molar-refractivity contribution < 1.29 is 41.2 Å². The number of allylic oxidation sites excluding steroid dienone is 6. The molecule has 1 atom stereocenters. The van der Waals surface area contributed by atoms with Crippen LogP contribution in [0.25, 0.3) is 26.7 Å². The fourth-order valence-electron chi connectivity index (χ4n) is 7.69. The topological polar surface area (TPSA) is 150 Å². The van der Waals surface area contributed by atoms with Crippen molar-refractivity contribution in [1.82, 2.24) is 0 Å². The average molecular weight is 918 g/mol. The quantitative estimate of drug-likeness (QED) is 0.0970. The fraction of sp³-hybridized carbons (Fsp3) is 0.250. The molecule has 2 aliphatic carbocycles. The Hall–Kier alpha value is -4.45. The molecule has 0 saturated heterocycles. The molecule has 0 spiro atoms. The van der Waals surface area contributed by atoms with Gasteiger partial charge in [0.25, 0.3) is 5.01 Å². The number of benzene rings is 3. The third-order valence-electron chi connectivity index (χ3n) is 10.5. The third kappa shape index (κ3) is 10.2. The molecule has 0 saturated carbocycles. The van der Waals surface area contributed by atoms with Crippen LogP contribution in [0.1, 0.15) is 30.7 Å². The molecule has 2 N–H and O–H groups in total. The van der Waals surface area contributed by atoms with Gasteiger partial charge in [0.2, 0.25) is 5.52 Å². The molecule has 3 aromatic carbocycles. The van der Waals surface area contributed by atoms with Gasteiger partial charge in [-0.1, -0.05) is 77.3 Å². The van der Waals surface area contributed by atoms with Crippen molar-refractivity contribution in [2.45, 2.75) is 46.9 Å². The average Bonchev–Trinajstić information content (AvgIpc) is 3.93. The lowest BCUT2D eigenvalue weighted by Gasteiger charge is -2.28. The number of aromatic nitrogens is 1. The van der Waals surface area contributed by atoms with Crippen molar-refractivity contribution in [2.24, 2.45) is 5.92 Å². The van der Waals surface area contributed by atoms with Crippen molar-refractivity contribution in [3.63, 3.8) is 0 Å². The zero-order valence-corrected chi connectivity index (χ0v) is 37.1. The Kier molecular flexibility index (Phi) is 12.6. The summed E-state index contributed by atoms with van der Waals surface area (Å²) in [7, 11) is -7.65. The van der Waals surface area contributed by atoms with E-state index in [1.54, 1.807) is 46.2 Å². The number of thiazole rings is 1. The van der Waals surface area contributed by atoms with E-state index >= 15 is 0 Å². The molecular weight excluding hydrogens is 877 g/mol. The predicted octanol–water partition coefficient (Wildman–Crippen LogP) is 8.96. The SMILES string of the molecule is O=C(O)CS(=O)(=O)CCN1C(=CC2=CC3=CC(=Cc4sc5cc(Sc6ccccc6)ccc5[n+]4CCS(=O)(=O)CC(=O)O)CCC3CC2)Sc2cc(-c3cccs3)ccc21. The van der Waals surface area contributed by atoms with Crippen LogP contribution in [-0.4, -0.2) is 68.5 Å². The van der Waals surface area contributed by atoms with Crippen LogP contribution >= 0.6 is 46.2 Å². The molecule has 0 fully saturated rings. The lowest BCUT2D eigenvalue weighted by molar-refractivity contribution is -0.664. The molecule has 0 radical (unpaired) electrons. The van der Waals surface area contributed by atoms with Gasteiger partial charge in [0.05, 0.1) is 16.5 Å². The zero-order chi connectivity index (χ0) is 42.0. The Morgan fingerprint density at radius 2 is 1.60 bits per heavy atom. The summed E-state index contributed by atoms with van der Waals surface area (Å²) in [5.41, 5.74) is 6.31. The maximum atomic E-state index is 12.7. The van der Waals surface area contributed by atoms with Crippen LogP contribution in [0.15, 0.2) is 139 Å². The molecule has 5 aromatic rings. The standard InChI is InChI=1S/C44H40N2O8S6/c47-43(48)27-59(51,52)19-16-45-36-14-12-32(38-7-4-18-55-38)25-39(36)57-41(45)23-29-8-10-31-11-9-30(22-33(31)21-29)24-42-46(17-20-60(53,54)28-44(49)50)37-15-13-35(26-40(37)58-42)56-34-5-2-1-3-6-34/h1-7,12-15,18,21-26,31H,8-11,16-17,19-20,27-28H2,(H-,47,48,49,50)/p+1. The lowest BCUT2D eigenvalue weighted by atomic mass is 9.77. The van der Waals surface area contributed by atoms with Gasteiger partial charge in [-0.05, 0) is 108 Å². The number of aliphatic carboxylic acids is 2. The molecule has 0 bridgehead atoms. The summed E-state index contributed by atoms with van der Waals surface area (Å²) in [5, 5.41) is 22.2. The van der Waals surface area contributed by atoms with Gasteiger partial charge in [-0.15, -0.1) is 11.3 Å². The first-order chi connectivity index (χ1) is 28.8. The minimum atomic E-state index is -3.83. The van der Waals surface area contributed by atoms with Crippen molar-refractivity contribution >= 4 is 99.8 Å². The van der Waals surface area contributed by atoms with Crippen LogP contribution in [0.5, 0.6) is 0 Å². The summed E-state index contributed by atoms with van der Waals surface area (Å²) in [5.74, 6) is -4.75. The Labute approximate surface area is 365 Å². The van der Waals surface area contributed by atoms with Crippen LogP contribution < -0.4 is 9.47 Å². The number of hydrogen-bond donors (Lipinski definition) is 2. The van der Waals surface area contributed by atoms with Crippen molar-refractivity contribution in [3.05, 3.63) is 129 Å². The van der Waals surface area contributed by atoms with Gasteiger partial charge in [-0.2, -0.15) is 4.57 Å². The first-order valence-electron chi connectivity index (χ1n) is 19.3. The number of anilines is 1. The number of carbonyl (C=O) groups is 2. The number of hydrogen-bond acceptors (Lipinski definition) is 11. The van der Waals surface area contributed by atoms with Gasteiger partial charge in [-0.3, -0.25) is 9.59 Å². The molecule has 16 heteroatoms. The fourth-order valence-corrected chi connectivity index (χ4v) is 13.7. The van der Waals surface area contributed by atoms with Gasteiger partial charge in [0.15, 0.2) is 26.2 Å². The molecule has 10 nitrogen and oxygen atoms in total. The van der Waals surface area contributed by atoms with E-state index in [9.17, 15) is 36.6 Å². The summed E-state index contributed by atoms with van der Waals surface area (Å²) >= 11 is 6.48. The third-order valence-corrected chi connectivity index (χ3v) is 17.6. The number of thioether (sulfide) groups is 1. The van der Waals surface area contributed by atoms with Crippen LogP contribution in [-0.2, 0) is 35.8 Å². The van der Waals surface area contributed by atoms with Crippen LogP contribution in [0.3, 0.4) is 0 Å². The number of sulfone groups is 2. The van der Waals surface area contributed by atoms with E-state index in [-0.39, 0.29) is 24.6 Å². The Morgan fingerprint density at radius 3 is 2.35 bits per heavy atom. The molecule has 0 amide bonds. The van der Waals surface area contributed by atoms with Gasteiger partial charge in [-0.25, -0.2) is 16.8 Å².